The van der Waals surface area contributed by atoms with Gasteiger partial charge in [-0.1, -0.05) is 13.8 Å². The Kier molecular flexibility index (Phi) is 6.92. The van der Waals surface area contributed by atoms with Crippen molar-refractivity contribution in [1.82, 2.24) is 15.2 Å². The number of benzene rings is 1. The van der Waals surface area contributed by atoms with Gasteiger partial charge in [-0.05, 0) is 88.5 Å². The highest BCUT2D eigenvalue weighted by Crippen LogP contribution is 2.40. The first-order chi connectivity index (χ1) is 16.0. The van der Waals surface area contributed by atoms with Crippen molar-refractivity contribution >= 4 is 22.9 Å². The molecule has 0 saturated heterocycles. The maximum Gasteiger partial charge on any atom is 0.407 e. The predicted octanol–water partition coefficient (Wildman–Crippen LogP) is 5.72. The molecule has 1 aliphatic carbocycles. The number of hydrogen-bond acceptors (Lipinski definition) is 3. The summed E-state index contributed by atoms with van der Waals surface area (Å²) >= 11 is 0. The molecule has 4 rings (SSSR count). The molecule has 6 nitrogen and oxygen atoms in total. The van der Waals surface area contributed by atoms with Crippen molar-refractivity contribution < 1.29 is 18.7 Å². The quantitative estimate of drug-likeness (QED) is 0.599. The molecule has 2 N–H and O–H groups in total. The van der Waals surface area contributed by atoms with Crippen molar-refractivity contribution in [3.05, 3.63) is 35.3 Å². The molecule has 2 aromatic rings. The number of carbonyl (C=O) groups excluding carboxylic acids is 2. The molecule has 1 fully saturated rings. The fraction of sp³-hybridized carbons (Fsp3) is 0.630. The van der Waals surface area contributed by atoms with E-state index in [1.54, 1.807) is 6.07 Å². The second kappa shape index (κ2) is 9.59. The van der Waals surface area contributed by atoms with Crippen LogP contribution in [0.1, 0.15) is 77.6 Å². The molecular weight excluding hydrogens is 433 g/mol. The van der Waals surface area contributed by atoms with Crippen LogP contribution in [0.15, 0.2) is 18.2 Å². The van der Waals surface area contributed by atoms with Crippen molar-refractivity contribution in [2.45, 2.75) is 78.4 Å². The highest BCUT2D eigenvalue weighted by molar-refractivity contribution is 5.86. The maximum absolute atomic E-state index is 13.8. The summed E-state index contributed by atoms with van der Waals surface area (Å²) in [6, 6.07) is 4.87. The first kappa shape index (κ1) is 24.6. The van der Waals surface area contributed by atoms with E-state index in [4.69, 9.17) is 4.74 Å². The van der Waals surface area contributed by atoms with E-state index >= 15 is 0 Å². The lowest BCUT2D eigenvalue weighted by Crippen LogP contribution is -2.46. The van der Waals surface area contributed by atoms with E-state index in [1.807, 2.05) is 26.8 Å². The summed E-state index contributed by atoms with van der Waals surface area (Å²) < 4.78 is 19.1. The zero-order valence-electron chi connectivity index (χ0n) is 21.0. The number of alkyl carbamates (subject to hydrolysis) is 1. The monoisotopic (exact) mass is 471 g/mol. The van der Waals surface area contributed by atoms with Crippen LogP contribution in [0.5, 0.6) is 0 Å². The topological polar surface area (TPSA) is 74.4 Å². The van der Waals surface area contributed by atoms with Crippen molar-refractivity contribution in [3.63, 3.8) is 0 Å². The first-order valence-electron chi connectivity index (χ1n) is 12.6. The van der Waals surface area contributed by atoms with E-state index in [0.29, 0.717) is 19.0 Å². The van der Waals surface area contributed by atoms with Crippen molar-refractivity contribution in [2.24, 2.45) is 17.8 Å². The standard InChI is InChI=1S/C27H38FN3O3/c1-16(2)24-23-21(20-11-10-19(28)14-22(20)30-23)12-13-31(24)25(32)18-8-6-17(7-9-18)15-29-26(33)34-27(3,4)5/h10-11,14,16-18,24,30H,6-9,12-13,15H2,1-5H3,(H,29,33). The number of nitrogens with zero attached hydrogens (tertiary/aromatic N) is 1. The summed E-state index contributed by atoms with van der Waals surface area (Å²) in [6.45, 7) is 11.1. The van der Waals surface area contributed by atoms with E-state index in [0.717, 1.165) is 48.7 Å². The van der Waals surface area contributed by atoms with Gasteiger partial charge in [0.05, 0.1) is 6.04 Å². The summed E-state index contributed by atoms with van der Waals surface area (Å²) in [5.74, 6) is 0.609. The van der Waals surface area contributed by atoms with Crippen molar-refractivity contribution in [1.29, 1.82) is 0 Å². The van der Waals surface area contributed by atoms with Crippen LogP contribution in [0, 0.1) is 23.6 Å². The Morgan fingerprint density at radius 3 is 2.56 bits per heavy atom. The summed E-state index contributed by atoms with van der Waals surface area (Å²) in [4.78, 5) is 31.1. The number of rotatable bonds is 4. The predicted molar refractivity (Wildman–Crippen MR) is 131 cm³/mol. The molecule has 186 valence electrons. The van der Waals surface area contributed by atoms with E-state index in [-0.39, 0.29) is 35.7 Å². The van der Waals surface area contributed by atoms with Gasteiger partial charge in [0.25, 0.3) is 0 Å². The van der Waals surface area contributed by atoms with Crippen molar-refractivity contribution in [3.8, 4) is 0 Å². The molecule has 1 unspecified atom stereocenters. The fourth-order valence-corrected chi connectivity index (χ4v) is 5.63. The average Bonchev–Trinajstić information content (AvgIpc) is 3.12. The van der Waals surface area contributed by atoms with E-state index < -0.39 is 5.60 Å². The molecule has 1 saturated carbocycles. The Morgan fingerprint density at radius 1 is 1.21 bits per heavy atom. The third-order valence-corrected chi connectivity index (χ3v) is 7.18. The van der Waals surface area contributed by atoms with Gasteiger partial charge in [0, 0.05) is 35.6 Å². The number of hydrogen-bond donors (Lipinski definition) is 2. The molecule has 2 amide bonds. The zero-order chi connectivity index (χ0) is 24.6. The lowest BCUT2D eigenvalue weighted by molar-refractivity contribution is -0.141. The number of halogens is 1. The summed E-state index contributed by atoms with van der Waals surface area (Å²) in [5, 5.41) is 3.94. The number of carbonyl (C=O) groups is 2. The molecule has 7 heteroatoms. The van der Waals surface area contributed by atoms with Crippen LogP contribution in [-0.2, 0) is 16.0 Å². The summed E-state index contributed by atoms with van der Waals surface area (Å²) in [6.07, 6.45) is 3.92. The van der Waals surface area contributed by atoms with E-state index in [2.05, 4.69) is 29.0 Å². The first-order valence-corrected chi connectivity index (χ1v) is 12.6. The highest BCUT2D eigenvalue weighted by atomic mass is 19.1. The Hall–Kier alpha value is -2.57. The molecule has 1 atom stereocenters. The molecule has 1 aromatic carbocycles. The minimum Gasteiger partial charge on any atom is -0.444 e. The molecule has 2 aliphatic rings. The molecule has 0 spiro atoms. The average molecular weight is 472 g/mol. The number of aromatic nitrogens is 1. The Bertz CT molecular complexity index is 1050. The third kappa shape index (κ3) is 5.23. The minimum absolute atomic E-state index is 0.0161. The number of amides is 2. The number of aromatic amines is 1. The van der Waals surface area contributed by atoms with Gasteiger partial charge in [0.1, 0.15) is 11.4 Å². The maximum atomic E-state index is 13.8. The second-order valence-electron chi connectivity index (χ2n) is 11.3. The van der Waals surface area contributed by atoms with Gasteiger partial charge in [0.15, 0.2) is 0 Å². The van der Waals surface area contributed by atoms with E-state index in [1.165, 1.54) is 11.6 Å². The van der Waals surface area contributed by atoms with Crippen LogP contribution in [0.3, 0.4) is 0 Å². The largest absolute Gasteiger partial charge is 0.444 e. The lowest BCUT2D eigenvalue weighted by atomic mass is 9.80. The molecule has 0 bridgehead atoms. The Balaban J connectivity index is 1.40. The third-order valence-electron chi connectivity index (χ3n) is 7.18. The van der Waals surface area contributed by atoms with Crippen LogP contribution >= 0.6 is 0 Å². The van der Waals surface area contributed by atoms with Gasteiger partial charge in [-0.2, -0.15) is 0 Å². The summed E-state index contributed by atoms with van der Waals surface area (Å²) in [7, 11) is 0. The minimum atomic E-state index is -0.505. The van der Waals surface area contributed by atoms with Crippen molar-refractivity contribution in [2.75, 3.05) is 13.1 Å². The number of fused-ring (bicyclic) bond motifs is 3. The van der Waals surface area contributed by atoms with Gasteiger partial charge in [-0.3, -0.25) is 4.79 Å². The lowest BCUT2D eigenvalue weighted by Gasteiger charge is -2.41. The second-order valence-corrected chi connectivity index (χ2v) is 11.3. The SMILES string of the molecule is CC(C)C1c2[nH]c3cc(F)ccc3c2CCN1C(=O)C1CCC(CNC(=O)OC(C)(C)C)CC1. The van der Waals surface area contributed by atoms with Gasteiger partial charge in [-0.15, -0.1) is 0 Å². The van der Waals surface area contributed by atoms with Crippen LogP contribution in [0.25, 0.3) is 10.9 Å². The van der Waals surface area contributed by atoms with Crippen LogP contribution in [0.4, 0.5) is 9.18 Å². The normalized spacial score (nSPS) is 23.1. The number of H-pyrrole nitrogens is 1. The Labute approximate surface area is 201 Å². The van der Waals surface area contributed by atoms with Crippen LogP contribution in [-0.4, -0.2) is 40.6 Å². The number of ether oxygens (including phenoxy) is 1. The van der Waals surface area contributed by atoms with Crippen LogP contribution in [0.2, 0.25) is 0 Å². The Morgan fingerprint density at radius 2 is 1.91 bits per heavy atom. The molecule has 34 heavy (non-hydrogen) atoms. The number of nitrogens with one attached hydrogen (secondary N) is 2. The molecule has 2 heterocycles. The molecular formula is C27H38FN3O3. The summed E-state index contributed by atoms with van der Waals surface area (Å²) in [5.41, 5.74) is 2.58. The van der Waals surface area contributed by atoms with Crippen LogP contribution < -0.4 is 5.32 Å². The molecule has 1 aromatic heterocycles. The van der Waals surface area contributed by atoms with Gasteiger partial charge in [0.2, 0.25) is 5.91 Å². The van der Waals surface area contributed by atoms with Gasteiger partial charge in [-0.25, -0.2) is 9.18 Å². The van der Waals surface area contributed by atoms with Gasteiger partial charge < -0.3 is 19.9 Å². The zero-order valence-corrected chi connectivity index (χ0v) is 21.0. The highest BCUT2D eigenvalue weighted by Gasteiger charge is 2.38. The van der Waals surface area contributed by atoms with E-state index in [9.17, 15) is 14.0 Å². The molecule has 0 radical (unpaired) electrons. The fourth-order valence-electron chi connectivity index (χ4n) is 5.63. The molecule has 1 aliphatic heterocycles. The van der Waals surface area contributed by atoms with Gasteiger partial charge >= 0.3 is 6.09 Å². The smallest absolute Gasteiger partial charge is 0.407 e.